The van der Waals surface area contributed by atoms with Gasteiger partial charge in [-0.15, -0.1) is 0 Å². The predicted octanol–water partition coefficient (Wildman–Crippen LogP) is 2.54. The molecule has 1 fully saturated rings. The summed E-state index contributed by atoms with van der Waals surface area (Å²) in [6, 6.07) is 5.80. The fourth-order valence-corrected chi connectivity index (χ4v) is 2.82. The molecule has 0 saturated carbocycles. The molecule has 1 heterocycles. The summed E-state index contributed by atoms with van der Waals surface area (Å²) in [7, 11) is 0. The Morgan fingerprint density at radius 2 is 2.00 bits per heavy atom. The van der Waals surface area contributed by atoms with E-state index in [1.165, 1.54) is 0 Å². The van der Waals surface area contributed by atoms with Gasteiger partial charge in [0, 0.05) is 18.8 Å². The van der Waals surface area contributed by atoms with Crippen molar-refractivity contribution in [3.8, 4) is 0 Å². The highest BCUT2D eigenvalue weighted by Crippen LogP contribution is 2.28. The summed E-state index contributed by atoms with van der Waals surface area (Å²) >= 11 is 0. The molecule has 0 aliphatic carbocycles. The third-order valence-corrected chi connectivity index (χ3v) is 4.06. The molecule has 1 aliphatic rings. The number of carbonyl (C=O) groups excluding carboxylic acids is 1. The van der Waals surface area contributed by atoms with Crippen LogP contribution in [0, 0.1) is 19.8 Å². The number of para-hydroxylation sites is 1. The first-order valence-corrected chi connectivity index (χ1v) is 7.63. The maximum atomic E-state index is 12.8. The lowest BCUT2D eigenvalue weighted by atomic mass is 10.0. The van der Waals surface area contributed by atoms with Gasteiger partial charge in [-0.3, -0.25) is 9.59 Å². The van der Waals surface area contributed by atoms with E-state index in [4.69, 9.17) is 4.74 Å². The number of anilines is 1. The molecule has 0 radical (unpaired) electrons. The quantitative estimate of drug-likeness (QED) is 0.908. The van der Waals surface area contributed by atoms with Crippen LogP contribution in [0.5, 0.6) is 0 Å². The van der Waals surface area contributed by atoms with Crippen molar-refractivity contribution in [3.63, 3.8) is 0 Å². The molecular weight excluding hydrogens is 282 g/mol. The molecule has 120 valence electrons. The largest absolute Gasteiger partial charge is 0.481 e. The maximum Gasteiger partial charge on any atom is 0.308 e. The van der Waals surface area contributed by atoms with Crippen LogP contribution in [-0.2, 0) is 14.3 Å². The molecule has 2 unspecified atom stereocenters. The van der Waals surface area contributed by atoms with Gasteiger partial charge in [0.1, 0.15) is 6.10 Å². The standard InChI is InChI=1S/C17H23NO4/c1-11-6-4-7-12(2)15(11)18(10-13(3)17(20)21)16(19)14-8-5-9-22-14/h4,6-7,13-14H,5,8-10H2,1-3H3,(H,20,21). The number of benzene rings is 1. The van der Waals surface area contributed by atoms with Crippen LogP contribution in [0.15, 0.2) is 18.2 Å². The lowest BCUT2D eigenvalue weighted by Crippen LogP contribution is -2.43. The normalized spacial score (nSPS) is 19.0. The number of hydrogen-bond acceptors (Lipinski definition) is 3. The predicted molar refractivity (Wildman–Crippen MR) is 84.0 cm³/mol. The number of carbonyl (C=O) groups is 2. The topological polar surface area (TPSA) is 66.8 Å². The van der Waals surface area contributed by atoms with E-state index in [9.17, 15) is 14.7 Å². The van der Waals surface area contributed by atoms with Gasteiger partial charge in [-0.2, -0.15) is 0 Å². The molecule has 0 aromatic heterocycles. The van der Waals surface area contributed by atoms with E-state index in [1.54, 1.807) is 11.8 Å². The number of carboxylic acid groups (broad SMARTS) is 1. The van der Waals surface area contributed by atoms with E-state index in [2.05, 4.69) is 0 Å². The van der Waals surface area contributed by atoms with Crippen LogP contribution >= 0.6 is 0 Å². The smallest absolute Gasteiger partial charge is 0.308 e. The van der Waals surface area contributed by atoms with Crippen LogP contribution in [0.1, 0.15) is 30.9 Å². The van der Waals surface area contributed by atoms with Crippen LogP contribution in [0.25, 0.3) is 0 Å². The van der Waals surface area contributed by atoms with Crippen molar-refractivity contribution in [2.75, 3.05) is 18.1 Å². The molecule has 2 atom stereocenters. The molecule has 1 aromatic rings. The summed E-state index contributed by atoms with van der Waals surface area (Å²) in [4.78, 5) is 25.6. The molecule has 1 aliphatic heterocycles. The number of carboxylic acids is 1. The molecule has 1 saturated heterocycles. The maximum absolute atomic E-state index is 12.8. The fraction of sp³-hybridized carbons (Fsp3) is 0.529. The number of rotatable bonds is 5. The van der Waals surface area contributed by atoms with Gasteiger partial charge in [0.2, 0.25) is 0 Å². The first-order valence-electron chi connectivity index (χ1n) is 7.63. The van der Waals surface area contributed by atoms with Crippen molar-refractivity contribution in [1.29, 1.82) is 0 Å². The zero-order valence-electron chi connectivity index (χ0n) is 13.3. The molecule has 1 aromatic carbocycles. The van der Waals surface area contributed by atoms with Crippen molar-refractivity contribution in [3.05, 3.63) is 29.3 Å². The molecule has 1 amide bonds. The van der Waals surface area contributed by atoms with Gasteiger partial charge in [-0.25, -0.2) is 0 Å². The van der Waals surface area contributed by atoms with Gasteiger partial charge >= 0.3 is 5.97 Å². The van der Waals surface area contributed by atoms with Gasteiger partial charge in [-0.05, 0) is 37.8 Å². The van der Waals surface area contributed by atoms with Crippen LogP contribution in [0.3, 0.4) is 0 Å². The summed E-state index contributed by atoms with van der Waals surface area (Å²) in [5.74, 6) is -1.68. The van der Waals surface area contributed by atoms with E-state index in [0.29, 0.717) is 13.0 Å². The average Bonchev–Trinajstić information content (AvgIpc) is 2.99. The number of aryl methyl sites for hydroxylation is 2. The molecule has 5 heteroatoms. The molecule has 2 rings (SSSR count). The van der Waals surface area contributed by atoms with Crippen molar-refractivity contribution in [2.24, 2.45) is 5.92 Å². The lowest BCUT2D eigenvalue weighted by Gasteiger charge is -2.29. The minimum Gasteiger partial charge on any atom is -0.481 e. The number of nitrogens with zero attached hydrogens (tertiary/aromatic N) is 1. The highest BCUT2D eigenvalue weighted by atomic mass is 16.5. The van der Waals surface area contributed by atoms with Gasteiger partial charge in [-0.1, -0.05) is 25.1 Å². The Hall–Kier alpha value is -1.88. The average molecular weight is 305 g/mol. The van der Waals surface area contributed by atoms with Crippen LogP contribution in [0.4, 0.5) is 5.69 Å². The van der Waals surface area contributed by atoms with Crippen molar-refractivity contribution in [2.45, 2.75) is 39.7 Å². The molecule has 0 bridgehead atoms. The first-order chi connectivity index (χ1) is 10.4. The van der Waals surface area contributed by atoms with Crippen LogP contribution < -0.4 is 4.90 Å². The number of ether oxygens (including phenoxy) is 1. The molecular formula is C17H23NO4. The summed E-state index contributed by atoms with van der Waals surface area (Å²) in [5, 5.41) is 9.19. The van der Waals surface area contributed by atoms with Gasteiger partial charge in [0.25, 0.3) is 5.91 Å². The summed E-state index contributed by atoms with van der Waals surface area (Å²) < 4.78 is 5.50. The monoisotopic (exact) mass is 305 g/mol. The molecule has 1 N–H and O–H groups in total. The Morgan fingerprint density at radius 3 is 2.50 bits per heavy atom. The van der Waals surface area contributed by atoms with Crippen LogP contribution in [-0.4, -0.2) is 36.2 Å². The van der Waals surface area contributed by atoms with E-state index < -0.39 is 18.0 Å². The van der Waals surface area contributed by atoms with Gasteiger partial charge < -0.3 is 14.7 Å². The second kappa shape index (κ2) is 6.92. The van der Waals surface area contributed by atoms with E-state index in [-0.39, 0.29) is 12.5 Å². The Morgan fingerprint density at radius 1 is 1.36 bits per heavy atom. The summed E-state index contributed by atoms with van der Waals surface area (Å²) in [6.45, 7) is 6.23. The second-order valence-corrected chi connectivity index (χ2v) is 5.93. The SMILES string of the molecule is Cc1cccc(C)c1N(CC(C)C(=O)O)C(=O)C1CCCO1. The second-order valence-electron chi connectivity index (χ2n) is 5.93. The summed E-state index contributed by atoms with van der Waals surface area (Å²) in [5.41, 5.74) is 2.73. The Kier molecular flexibility index (Phi) is 5.19. The summed E-state index contributed by atoms with van der Waals surface area (Å²) in [6.07, 6.45) is 1.10. The number of amides is 1. The van der Waals surface area contributed by atoms with Crippen LogP contribution in [0.2, 0.25) is 0 Å². The first kappa shape index (κ1) is 16.5. The Labute approximate surface area is 130 Å². The van der Waals surface area contributed by atoms with E-state index >= 15 is 0 Å². The molecule has 22 heavy (non-hydrogen) atoms. The van der Waals surface area contributed by atoms with E-state index in [0.717, 1.165) is 23.2 Å². The highest BCUT2D eigenvalue weighted by Gasteiger charge is 2.32. The minimum atomic E-state index is -0.906. The van der Waals surface area contributed by atoms with Crippen molar-refractivity contribution in [1.82, 2.24) is 0 Å². The van der Waals surface area contributed by atoms with Crippen molar-refractivity contribution >= 4 is 17.6 Å². The number of aliphatic carboxylic acids is 1. The molecule has 5 nitrogen and oxygen atoms in total. The third-order valence-electron chi connectivity index (χ3n) is 4.06. The third kappa shape index (κ3) is 3.47. The zero-order chi connectivity index (χ0) is 16.3. The lowest BCUT2D eigenvalue weighted by molar-refractivity contribution is -0.140. The van der Waals surface area contributed by atoms with Crippen molar-refractivity contribution < 1.29 is 19.4 Å². The Balaban J connectivity index is 2.36. The zero-order valence-corrected chi connectivity index (χ0v) is 13.3. The highest BCUT2D eigenvalue weighted by molar-refractivity contribution is 5.98. The minimum absolute atomic E-state index is 0.136. The van der Waals surface area contributed by atoms with Gasteiger partial charge in [0.15, 0.2) is 0 Å². The Bertz CT molecular complexity index is 544. The number of hydrogen-bond donors (Lipinski definition) is 1. The molecule has 0 spiro atoms. The fourth-order valence-electron chi connectivity index (χ4n) is 2.82. The van der Waals surface area contributed by atoms with E-state index in [1.807, 2.05) is 32.0 Å². The van der Waals surface area contributed by atoms with Gasteiger partial charge in [0.05, 0.1) is 5.92 Å².